The minimum atomic E-state index is -0.143. The van der Waals surface area contributed by atoms with Gasteiger partial charge in [0, 0.05) is 25.0 Å². The van der Waals surface area contributed by atoms with E-state index in [0.717, 1.165) is 25.2 Å². The molecule has 1 aromatic carbocycles. The van der Waals surface area contributed by atoms with Crippen LogP contribution < -0.4 is 10.1 Å². The molecule has 2 heterocycles. The molecule has 0 radical (unpaired) electrons. The fourth-order valence-electron chi connectivity index (χ4n) is 3.42. The maximum absolute atomic E-state index is 12.6. The predicted octanol–water partition coefficient (Wildman–Crippen LogP) is 3.60. The number of nitrogens with one attached hydrogen (secondary N) is 1. The number of aromatic nitrogens is 1. The number of carbonyl (C=O) groups is 1. The van der Waals surface area contributed by atoms with E-state index in [0.29, 0.717) is 28.8 Å². The van der Waals surface area contributed by atoms with Gasteiger partial charge < -0.3 is 19.5 Å². The van der Waals surface area contributed by atoms with Crippen molar-refractivity contribution in [3.05, 3.63) is 47.2 Å². The van der Waals surface area contributed by atoms with Gasteiger partial charge in [0.1, 0.15) is 5.75 Å². The topological polar surface area (TPSA) is 46.5 Å². The van der Waals surface area contributed by atoms with Crippen LogP contribution in [0.15, 0.2) is 36.7 Å². The molecule has 1 amide bonds. The first-order valence-electron chi connectivity index (χ1n) is 9.06. The Morgan fingerprint density at radius 3 is 2.62 bits per heavy atom. The van der Waals surface area contributed by atoms with Crippen LogP contribution in [-0.4, -0.2) is 49.2 Å². The summed E-state index contributed by atoms with van der Waals surface area (Å²) in [7, 11) is 3.73. The second-order valence-electron chi connectivity index (χ2n) is 6.89. The van der Waals surface area contributed by atoms with Gasteiger partial charge in [-0.25, -0.2) is 0 Å². The standard InChI is InChI=1S/C20H26ClN3O2/c1-23-11-6-15(7-12-23)5-8-22-20(25)16-13-17(21)18(14-19(16)26-2)24-9-3-4-10-24/h3-4,9-10,13-15H,5-8,11-12H2,1-2H3,(H,22,25). The SMILES string of the molecule is COc1cc(-n2cccc2)c(Cl)cc1C(=O)NCCC1CCN(C)CC1. The first-order chi connectivity index (χ1) is 12.6. The quantitative estimate of drug-likeness (QED) is 0.839. The van der Waals surface area contributed by atoms with E-state index in [2.05, 4.69) is 17.3 Å². The van der Waals surface area contributed by atoms with Gasteiger partial charge in [0.2, 0.25) is 0 Å². The van der Waals surface area contributed by atoms with Gasteiger partial charge in [0.05, 0.1) is 23.4 Å². The number of methoxy groups -OCH3 is 1. The van der Waals surface area contributed by atoms with E-state index in [9.17, 15) is 4.79 Å². The Balaban J connectivity index is 1.64. The Kier molecular flexibility index (Phi) is 6.22. The number of hydrogen-bond donors (Lipinski definition) is 1. The van der Waals surface area contributed by atoms with Crippen LogP contribution in [0.3, 0.4) is 0 Å². The molecule has 0 atom stereocenters. The summed E-state index contributed by atoms with van der Waals surface area (Å²) in [5, 5.41) is 3.53. The Labute approximate surface area is 159 Å². The van der Waals surface area contributed by atoms with Crippen LogP contribution in [-0.2, 0) is 0 Å². The number of piperidine rings is 1. The van der Waals surface area contributed by atoms with E-state index < -0.39 is 0 Å². The molecule has 0 unspecified atom stereocenters. The van der Waals surface area contributed by atoms with E-state index in [1.165, 1.54) is 12.8 Å². The molecule has 0 bridgehead atoms. The first-order valence-corrected chi connectivity index (χ1v) is 9.44. The van der Waals surface area contributed by atoms with Crippen LogP contribution in [0.4, 0.5) is 0 Å². The lowest BCUT2D eigenvalue weighted by Crippen LogP contribution is -2.32. The van der Waals surface area contributed by atoms with Crippen LogP contribution in [0.2, 0.25) is 5.02 Å². The second kappa shape index (κ2) is 8.60. The van der Waals surface area contributed by atoms with Crippen molar-refractivity contribution in [2.24, 2.45) is 5.92 Å². The number of carbonyl (C=O) groups excluding carboxylic acids is 1. The number of likely N-dealkylation sites (tertiary alicyclic amines) is 1. The summed E-state index contributed by atoms with van der Waals surface area (Å²) in [6, 6.07) is 7.33. The molecule has 1 N–H and O–H groups in total. The zero-order valence-corrected chi connectivity index (χ0v) is 16.1. The average Bonchev–Trinajstić information content (AvgIpc) is 3.17. The highest BCUT2D eigenvalue weighted by molar-refractivity contribution is 6.33. The number of benzene rings is 1. The first kappa shape index (κ1) is 18.8. The minimum Gasteiger partial charge on any atom is -0.496 e. The minimum absolute atomic E-state index is 0.143. The lowest BCUT2D eigenvalue weighted by Gasteiger charge is -2.28. The summed E-state index contributed by atoms with van der Waals surface area (Å²) in [5.74, 6) is 1.07. The number of halogens is 1. The van der Waals surface area contributed by atoms with E-state index in [4.69, 9.17) is 16.3 Å². The Hall–Kier alpha value is -1.98. The molecule has 2 aromatic rings. The molecule has 0 aliphatic carbocycles. The third-order valence-electron chi connectivity index (χ3n) is 5.07. The summed E-state index contributed by atoms with van der Waals surface area (Å²) >= 11 is 6.40. The molecule has 1 aliphatic rings. The number of nitrogens with zero attached hydrogens (tertiary/aromatic N) is 2. The van der Waals surface area contributed by atoms with Gasteiger partial charge in [0.15, 0.2) is 0 Å². The van der Waals surface area contributed by atoms with Gasteiger partial charge in [-0.2, -0.15) is 0 Å². The molecule has 1 saturated heterocycles. The molecule has 6 heteroatoms. The van der Waals surface area contributed by atoms with Gasteiger partial charge in [-0.1, -0.05) is 11.6 Å². The van der Waals surface area contributed by atoms with Crippen molar-refractivity contribution >= 4 is 17.5 Å². The third kappa shape index (κ3) is 4.40. The third-order valence-corrected chi connectivity index (χ3v) is 5.38. The number of rotatable bonds is 6. The van der Waals surface area contributed by atoms with Crippen molar-refractivity contribution in [1.29, 1.82) is 0 Å². The van der Waals surface area contributed by atoms with E-state index in [-0.39, 0.29) is 5.91 Å². The van der Waals surface area contributed by atoms with Crippen molar-refractivity contribution in [2.75, 3.05) is 33.8 Å². The Morgan fingerprint density at radius 2 is 1.96 bits per heavy atom. The summed E-state index contributed by atoms with van der Waals surface area (Å²) in [6.45, 7) is 2.96. The van der Waals surface area contributed by atoms with Crippen molar-refractivity contribution in [1.82, 2.24) is 14.8 Å². The summed E-state index contributed by atoms with van der Waals surface area (Å²) in [6.07, 6.45) is 7.22. The van der Waals surface area contributed by atoms with Crippen LogP contribution in [0, 0.1) is 5.92 Å². The maximum Gasteiger partial charge on any atom is 0.255 e. The zero-order valence-electron chi connectivity index (χ0n) is 15.4. The Bertz CT molecular complexity index is 738. The highest BCUT2D eigenvalue weighted by Crippen LogP contribution is 2.30. The van der Waals surface area contributed by atoms with Gasteiger partial charge in [0.25, 0.3) is 5.91 Å². The summed E-state index contributed by atoms with van der Waals surface area (Å²) in [4.78, 5) is 15.0. The number of ether oxygens (including phenoxy) is 1. The zero-order chi connectivity index (χ0) is 18.5. The smallest absolute Gasteiger partial charge is 0.255 e. The van der Waals surface area contributed by atoms with Crippen molar-refractivity contribution < 1.29 is 9.53 Å². The van der Waals surface area contributed by atoms with Gasteiger partial charge in [-0.15, -0.1) is 0 Å². The van der Waals surface area contributed by atoms with E-state index in [1.807, 2.05) is 29.1 Å². The van der Waals surface area contributed by atoms with Crippen LogP contribution in [0.25, 0.3) is 5.69 Å². The Morgan fingerprint density at radius 1 is 1.27 bits per heavy atom. The molecule has 140 valence electrons. The van der Waals surface area contributed by atoms with E-state index in [1.54, 1.807) is 19.2 Å². The summed E-state index contributed by atoms with van der Waals surface area (Å²) < 4.78 is 7.33. The molecular formula is C20H26ClN3O2. The fourth-order valence-corrected chi connectivity index (χ4v) is 3.68. The van der Waals surface area contributed by atoms with Crippen LogP contribution in [0.5, 0.6) is 5.75 Å². The maximum atomic E-state index is 12.6. The average molecular weight is 376 g/mol. The van der Waals surface area contributed by atoms with Crippen molar-refractivity contribution in [3.8, 4) is 11.4 Å². The normalized spacial score (nSPS) is 15.8. The molecule has 1 aromatic heterocycles. The van der Waals surface area contributed by atoms with Gasteiger partial charge >= 0.3 is 0 Å². The van der Waals surface area contributed by atoms with E-state index >= 15 is 0 Å². The van der Waals surface area contributed by atoms with Crippen LogP contribution in [0.1, 0.15) is 29.6 Å². The molecule has 0 spiro atoms. The number of amides is 1. The van der Waals surface area contributed by atoms with Crippen molar-refractivity contribution in [2.45, 2.75) is 19.3 Å². The molecular weight excluding hydrogens is 350 g/mol. The second-order valence-corrected chi connectivity index (χ2v) is 7.29. The fraction of sp³-hybridized carbons (Fsp3) is 0.450. The molecule has 5 nitrogen and oxygen atoms in total. The van der Waals surface area contributed by atoms with Gasteiger partial charge in [-0.3, -0.25) is 4.79 Å². The molecule has 26 heavy (non-hydrogen) atoms. The summed E-state index contributed by atoms with van der Waals surface area (Å²) in [5.41, 5.74) is 1.26. The lowest BCUT2D eigenvalue weighted by atomic mass is 9.94. The highest BCUT2D eigenvalue weighted by atomic mass is 35.5. The molecule has 0 saturated carbocycles. The molecule has 3 rings (SSSR count). The number of hydrogen-bond acceptors (Lipinski definition) is 3. The monoisotopic (exact) mass is 375 g/mol. The predicted molar refractivity (Wildman–Crippen MR) is 105 cm³/mol. The lowest BCUT2D eigenvalue weighted by molar-refractivity contribution is 0.0946. The molecule has 1 fully saturated rings. The largest absolute Gasteiger partial charge is 0.496 e. The highest BCUT2D eigenvalue weighted by Gasteiger charge is 2.19. The van der Waals surface area contributed by atoms with Crippen molar-refractivity contribution in [3.63, 3.8) is 0 Å². The van der Waals surface area contributed by atoms with Crippen LogP contribution >= 0.6 is 11.6 Å². The molecule has 1 aliphatic heterocycles. The van der Waals surface area contributed by atoms with Gasteiger partial charge in [-0.05, 0) is 63.5 Å².